The molecular weight excluding hydrogens is 338 g/mol. The first kappa shape index (κ1) is 17.8. The van der Waals surface area contributed by atoms with E-state index in [0.29, 0.717) is 18.3 Å². The zero-order valence-corrected chi connectivity index (χ0v) is 15.9. The number of anilines is 1. The van der Waals surface area contributed by atoms with E-state index in [9.17, 15) is 4.79 Å². The Labute approximate surface area is 160 Å². The Kier molecular flexibility index (Phi) is 5.28. The van der Waals surface area contributed by atoms with Crippen molar-refractivity contribution in [2.75, 3.05) is 24.6 Å². The summed E-state index contributed by atoms with van der Waals surface area (Å²) in [7, 11) is 0. The molecule has 1 saturated carbocycles. The number of aryl methyl sites for hydroxylation is 1. The van der Waals surface area contributed by atoms with Gasteiger partial charge in [-0.3, -0.25) is 4.79 Å². The van der Waals surface area contributed by atoms with Crippen LogP contribution in [0.3, 0.4) is 0 Å². The summed E-state index contributed by atoms with van der Waals surface area (Å²) < 4.78 is 5.66. The molecule has 2 aromatic rings. The summed E-state index contributed by atoms with van der Waals surface area (Å²) in [4.78, 5) is 19.5. The number of hydrogen-bond acceptors (Lipinski definition) is 4. The normalized spacial score (nSPS) is 16.4. The van der Waals surface area contributed by atoms with Gasteiger partial charge in [0.05, 0.1) is 12.2 Å². The van der Waals surface area contributed by atoms with Crippen molar-refractivity contribution in [1.29, 1.82) is 0 Å². The highest BCUT2D eigenvalue weighted by atomic mass is 16.5. The number of pyridine rings is 1. The molecule has 2 aliphatic rings. The minimum atomic E-state index is -0.0327. The Hall–Kier alpha value is -2.56. The van der Waals surface area contributed by atoms with Crippen LogP contribution < -0.4 is 15.0 Å². The summed E-state index contributed by atoms with van der Waals surface area (Å²) in [5.41, 5.74) is 3.87. The Bertz CT molecular complexity index is 794. The minimum absolute atomic E-state index is 0.0327. The summed E-state index contributed by atoms with van der Waals surface area (Å²) in [6.07, 6.45) is 6.69. The fourth-order valence-electron chi connectivity index (χ4n) is 3.43. The molecule has 0 unspecified atom stereocenters. The molecule has 142 valence electrons. The van der Waals surface area contributed by atoms with Gasteiger partial charge >= 0.3 is 0 Å². The van der Waals surface area contributed by atoms with Crippen LogP contribution in [0.15, 0.2) is 36.5 Å². The molecule has 1 saturated heterocycles. The fourth-order valence-corrected chi connectivity index (χ4v) is 3.43. The van der Waals surface area contributed by atoms with E-state index in [1.54, 1.807) is 6.20 Å². The van der Waals surface area contributed by atoms with E-state index < -0.39 is 0 Å². The number of amides is 1. The first-order valence-electron chi connectivity index (χ1n) is 9.90. The Balaban J connectivity index is 1.38. The quantitative estimate of drug-likeness (QED) is 0.813. The van der Waals surface area contributed by atoms with Crippen LogP contribution in [0.1, 0.15) is 47.2 Å². The van der Waals surface area contributed by atoms with Gasteiger partial charge in [0.1, 0.15) is 0 Å². The number of benzene rings is 1. The van der Waals surface area contributed by atoms with Crippen LogP contribution >= 0.6 is 0 Å². The average Bonchev–Trinajstić information content (AvgIpc) is 3.36. The lowest BCUT2D eigenvalue weighted by Crippen LogP contribution is -2.27. The second-order valence-corrected chi connectivity index (χ2v) is 7.66. The largest absolute Gasteiger partial charge is 0.477 e. The highest BCUT2D eigenvalue weighted by molar-refractivity contribution is 6.00. The van der Waals surface area contributed by atoms with Gasteiger partial charge < -0.3 is 15.0 Å². The molecule has 2 heterocycles. The van der Waals surface area contributed by atoms with Gasteiger partial charge in [-0.25, -0.2) is 4.98 Å². The van der Waals surface area contributed by atoms with Gasteiger partial charge in [0.2, 0.25) is 5.88 Å². The molecule has 1 N–H and O–H groups in total. The Morgan fingerprint density at radius 1 is 1.22 bits per heavy atom. The van der Waals surface area contributed by atoms with Gasteiger partial charge in [-0.2, -0.15) is 0 Å². The number of carbonyl (C=O) groups excluding carboxylic acids is 1. The molecule has 27 heavy (non-hydrogen) atoms. The van der Waals surface area contributed by atoms with Crippen LogP contribution in [0.2, 0.25) is 0 Å². The van der Waals surface area contributed by atoms with Gasteiger partial charge in [-0.05, 0) is 56.2 Å². The van der Waals surface area contributed by atoms with Crippen molar-refractivity contribution in [2.24, 2.45) is 5.92 Å². The van der Waals surface area contributed by atoms with Gasteiger partial charge in [0.15, 0.2) is 0 Å². The molecule has 2 fully saturated rings. The molecule has 4 rings (SSSR count). The third kappa shape index (κ3) is 4.59. The van der Waals surface area contributed by atoms with Crippen LogP contribution in [-0.4, -0.2) is 30.6 Å². The van der Waals surface area contributed by atoms with Gasteiger partial charge in [-0.1, -0.05) is 17.7 Å². The first-order valence-corrected chi connectivity index (χ1v) is 9.90. The van der Waals surface area contributed by atoms with E-state index in [4.69, 9.17) is 4.74 Å². The molecule has 1 aromatic carbocycles. The predicted molar refractivity (Wildman–Crippen MR) is 106 cm³/mol. The van der Waals surface area contributed by atoms with E-state index in [1.807, 2.05) is 25.1 Å². The Morgan fingerprint density at radius 3 is 2.74 bits per heavy atom. The number of ether oxygens (including phenoxy) is 1. The average molecular weight is 365 g/mol. The SMILES string of the molecule is Cc1ccc(N2CCCC2)c(C(=O)NCc2ccc(OCC3CC3)nc2)c1. The molecule has 1 aromatic heterocycles. The maximum Gasteiger partial charge on any atom is 0.253 e. The zero-order valence-electron chi connectivity index (χ0n) is 15.9. The van der Waals surface area contributed by atoms with Gasteiger partial charge in [0.25, 0.3) is 5.91 Å². The van der Waals surface area contributed by atoms with E-state index >= 15 is 0 Å². The van der Waals surface area contributed by atoms with Crippen LogP contribution in [0.25, 0.3) is 0 Å². The van der Waals surface area contributed by atoms with Crippen molar-refractivity contribution in [3.63, 3.8) is 0 Å². The highest BCUT2D eigenvalue weighted by Crippen LogP contribution is 2.29. The lowest BCUT2D eigenvalue weighted by Gasteiger charge is -2.21. The molecule has 0 atom stereocenters. The fraction of sp³-hybridized carbons (Fsp3) is 0.455. The molecular formula is C22H27N3O2. The van der Waals surface area contributed by atoms with E-state index in [1.165, 1.54) is 25.7 Å². The summed E-state index contributed by atoms with van der Waals surface area (Å²) in [5, 5.41) is 3.04. The molecule has 1 aliphatic carbocycles. The molecule has 5 heteroatoms. The van der Waals surface area contributed by atoms with Crippen LogP contribution in [0, 0.1) is 12.8 Å². The standard InChI is InChI=1S/C22H27N3O2/c1-16-4-8-20(25-10-2-3-11-25)19(12-16)22(26)24-14-18-7-9-21(23-13-18)27-15-17-5-6-17/h4,7-9,12-13,17H,2-3,5-6,10-11,14-15H2,1H3,(H,24,26). The van der Waals surface area contributed by atoms with Crippen molar-refractivity contribution in [3.8, 4) is 5.88 Å². The molecule has 1 amide bonds. The molecule has 0 radical (unpaired) electrons. The van der Waals surface area contributed by atoms with Crippen molar-refractivity contribution in [1.82, 2.24) is 10.3 Å². The molecule has 1 aliphatic heterocycles. The van der Waals surface area contributed by atoms with E-state index in [0.717, 1.165) is 42.1 Å². The maximum absolute atomic E-state index is 12.8. The third-order valence-electron chi connectivity index (χ3n) is 5.26. The number of aromatic nitrogens is 1. The van der Waals surface area contributed by atoms with Crippen LogP contribution in [0.4, 0.5) is 5.69 Å². The number of rotatable bonds is 7. The zero-order chi connectivity index (χ0) is 18.6. The predicted octanol–water partition coefficient (Wildman–Crippen LogP) is 3.71. The molecule has 0 bridgehead atoms. The maximum atomic E-state index is 12.8. The smallest absolute Gasteiger partial charge is 0.253 e. The van der Waals surface area contributed by atoms with Crippen molar-refractivity contribution >= 4 is 11.6 Å². The van der Waals surface area contributed by atoms with E-state index in [2.05, 4.69) is 27.3 Å². The lowest BCUT2D eigenvalue weighted by molar-refractivity contribution is 0.0951. The minimum Gasteiger partial charge on any atom is -0.477 e. The van der Waals surface area contributed by atoms with Crippen LogP contribution in [-0.2, 0) is 6.54 Å². The first-order chi connectivity index (χ1) is 13.2. The van der Waals surface area contributed by atoms with Crippen molar-refractivity contribution < 1.29 is 9.53 Å². The Morgan fingerprint density at radius 2 is 2.04 bits per heavy atom. The van der Waals surface area contributed by atoms with Gasteiger partial charge in [-0.15, -0.1) is 0 Å². The highest BCUT2D eigenvalue weighted by Gasteiger charge is 2.22. The van der Waals surface area contributed by atoms with Crippen LogP contribution in [0.5, 0.6) is 5.88 Å². The summed E-state index contributed by atoms with van der Waals surface area (Å²) >= 11 is 0. The number of nitrogens with one attached hydrogen (secondary N) is 1. The summed E-state index contributed by atoms with van der Waals surface area (Å²) in [6, 6.07) is 9.98. The third-order valence-corrected chi connectivity index (χ3v) is 5.26. The number of nitrogens with zero attached hydrogens (tertiary/aromatic N) is 2. The van der Waals surface area contributed by atoms with Crippen molar-refractivity contribution in [2.45, 2.75) is 39.2 Å². The molecule has 5 nitrogen and oxygen atoms in total. The topological polar surface area (TPSA) is 54.5 Å². The number of carbonyl (C=O) groups is 1. The molecule has 0 spiro atoms. The van der Waals surface area contributed by atoms with Gasteiger partial charge in [0, 0.05) is 37.6 Å². The van der Waals surface area contributed by atoms with Crippen molar-refractivity contribution in [3.05, 3.63) is 53.2 Å². The number of hydrogen-bond donors (Lipinski definition) is 1. The second-order valence-electron chi connectivity index (χ2n) is 7.66. The lowest BCUT2D eigenvalue weighted by atomic mass is 10.1. The second kappa shape index (κ2) is 7.99. The van der Waals surface area contributed by atoms with E-state index in [-0.39, 0.29) is 5.91 Å². The monoisotopic (exact) mass is 365 g/mol. The summed E-state index contributed by atoms with van der Waals surface area (Å²) in [5.74, 6) is 1.34. The summed E-state index contributed by atoms with van der Waals surface area (Å²) in [6.45, 7) is 5.29.